The van der Waals surface area contributed by atoms with Crippen LogP contribution < -0.4 is 11.1 Å². The summed E-state index contributed by atoms with van der Waals surface area (Å²) in [5.41, 5.74) is 6.71. The number of amides is 3. The van der Waals surface area contributed by atoms with Gasteiger partial charge in [0.05, 0.1) is 5.25 Å². The molecule has 0 unspecified atom stereocenters. The Morgan fingerprint density at radius 1 is 1.14 bits per heavy atom. The molecule has 1 heterocycles. The molecule has 0 radical (unpaired) electrons. The zero-order valence-electron chi connectivity index (χ0n) is 15.0. The van der Waals surface area contributed by atoms with Gasteiger partial charge in [0, 0.05) is 12.1 Å². The summed E-state index contributed by atoms with van der Waals surface area (Å²) in [5.74, 6) is -0.247. The van der Waals surface area contributed by atoms with E-state index in [1.807, 2.05) is 35.6 Å². The molecule has 3 aromatic rings. The highest BCUT2D eigenvalue weighted by Crippen LogP contribution is 2.27. The Labute approximate surface area is 165 Å². The lowest BCUT2D eigenvalue weighted by molar-refractivity contribution is -0.119. The zero-order valence-corrected chi connectivity index (χ0v) is 15.8. The number of urea groups is 1. The van der Waals surface area contributed by atoms with Gasteiger partial charge in [-0.15, -0.1) is 10.2 Å². The molecule has 0 aliphatic rings. The van der Waals surface area contributed by atoms with Crippen molar-refractivity contribution in [2.75, 3.05) is 0 Å². The lowest BCUT2D eigenvalue weighted by Crippen LogP contribution is -2.39. The van der Waals surface area contributed by atoms with Crippen LogP contribution in [-0.2, 0) is 11.2 Å². The van der Waals surface area contributed by atoms with E-state index in [0.29, 0.717) is 23.1 Å². The molecule has 3 N–H and O–H groups in total. The normalized spacial score (nSPS) is 11.8. The minimum Gasteiger partial charge on any atom is -0.351 e. The number of imide groups is 1. The van der Waals surface area contributed by atoms with Crippen molar-refractivity contribution in [1.82, 2.24) is 20.1 Å². The Bertz CT molecular complexity index is 976. The van der Waals surface area contributed by atoms with E-state index in [4.69, 9.17) is 5.73 Å². The summed E-state index contributed by atoms with van der Waals surface area (Å²) in [4.78, 5) is 22.9. The van der Waals surface area contributed by atoms with Crippen LogP contribution in [0.25, 0.3) is 5.69 Å². The minimum atomic E-state index is -0.915. The molecular weight excluding hydrogens is 381 g/mol. The average molecular weight is 399 g/mol. The van der Waals surface area contributed by atoms with Gasteiger partial charge in [-0.05, 0) is 36.8 Å². The number of carbonyl (C=O) groups is 2. The third-order valence-electron chi connectivity index (χ3n) is 3.89. The predicted molar refractivity (Wildman–Crippen MR) is 104 cm³/mol. The number of carbonyl (C=O) groups excluding carboxylic acids is 2. The SMILES string of the molecule is C[C@@H](Sc1nnc(Cc2ccccc2)n1-c1ccc(F)cc1)C(=O)NC(N)=O. The van der Waals surface area contributed by atoms with Gasteiger partial charge in [-0.1, -0.05) is 42.1 Å². The Morgan fingerprint density at radius 2 is 1.82 bits per heavy atom. The van der Waals surface area contributed by atoms with Gasteiger partial charge in [-0.2, -0.15) is 0 Å². The molecule has 0 bridgehead atoms. The molecule has 0 saturated heterocycles. The van der Waals surface area contributed by atoms with E-state index in [-0.39, 0.29) is 5.82 Å². The number of aromatic nitrogens is 3. The van der Waals surface area contributed by atoms with Crippen molar-refractivity contribution >= 4 is 23.7 Å². The first kappa shape index (κ1) is 19.6. The van der Waals surface area contributed by atoms with E-state index in [1.165, 1.54) is 12.1 Å². The maximum absolute atomic E-state index is 13.4. The number of rotatable bonds is 6. The summed E-state index contributed by atoms with van der Waals surface area (Å²) in [7, 11) is 0. The molecule has 0 aliphatic carbocycles. The molecule has 3 rings (SSSR count). The second-order valence-electron chi connectivity index (χ2n) is 5.99. The number of halogens is 1. The molecule has 1 aromatic heterocycles. The molecule has 1 atom stereocenters. The topological polar surface area (TPSA) is 103 Å². The van der Waals surface area contributed by atoms with Crippen molar-refractivity contribution < 1.29 is 14.0 Å². The summed E-state index contributed by atoms with van der Waals surface area (Å²) in [5, 5.41) is 10.3. The molecule has 2 aromatic carbocycles. The van der Waals surface area contributed by atoms with Gasteiger partial charge in [0.1, 0.15) is 11.6 Å². The second kappa shape index (κ2) is 8.66. The number of hydrogen-bond acceptors (Lipinski definition) is 5. The molecular formula is C19H18FN5O2S. The highest BCUT2D eigenvalue weighted by atomic mass is 32.2. The molecule has 144 valence electrons. The average Bonchev–Trinajstić information content (AvgIpc) is 3.04. The largest absolute Gasteiger partial charge is 0.351 e. The monoisotopic (exact) mass is 399 g/mol. The fourth-order valence-electron chi connectivity index (χ4n) is 2.55. The summed E-state index contributed by atoms with van der Waals surface area (Å²) in [6.45, 7) is 1.63. The van der Waals surface area contributed by atoms with Crippen LogP contribution in [0, 0.1) is 5.82 Å². The van der Waals surface area contributed by atoms with E-state index in [9.17, 15) is 14.0 Å². The Kier molecular flexibility index (Phi) is 6.05. The molecule has 28 heavy (non-hydrogen) atoms. The Morgan fingerprint density at radius 3 is 2.46 bits per heavy atom. The quantitative estimate of drug-likeness (QED) is 0.621. The smallest absolute Gasteiger partial charge is 0.318 e. The first-order chi connectivity index (χ1) is 13.4. The van der Waals surface area contributed by atoms with Gasteiger partial charge in [0.2, 0.25) is 5.91 Å². The zero-order chi connectivity index (χ0) is 20.1. The maximum atomic E-state index is 13.4. The molecule has 9 heteroatoms. The van der Waals surface area contributed by atoms with Crippen molar-refractivity contribution in [3.63, 3.8) is 0 Å². The van der Waals surface area contributed by atoms with Crippen LogP contribution in [0.4, 0.5) is 9.18 Å². The number of nitrogens with one attached hydrogen (secondary N) is 1. The summed E-state index contributed by atoms with van der Waals surface area (Å²) < 4.78 is 15.1. The standard InChI is InChI=1S/C19H18FN5O2S/c1-12(17(26)22-18(21)27)28-19-24-23-16(11-13-5-3-2-4-6-13)25(19)15-9-7-14(20)8-10-15/h2-10,12H,11H2,1H3,(H3,21,22,26,27)/t12-/m1/s1. The van der Waals surface area contributed by atoms with Gasteiger partial charge in [-0.25, -0.2) is 9.18 Å². The van der Waals surface area contributed by atoms with Crippen LogP contribution in [0.1, 0.15) is 18.3 Å². The number of primary amides is 1. The molecule has 0 spiro atoms. The van der Waals surface area contributed by atoms with Gasteiger partial charge in [0.15, 0.2) is 5.16 Å². The van der Waals surface area contributed by atoms with E-state index >= 15 is 0 Å². The van der Waals surface area contributed by atoms with E-state index in [2.05, 4.69) is 10.2 Å². The van der Waals surface area contributed by atoms with Crippen LogP contribution in [0.2, 0.25) is 0 Å². The van der Waals surface area contributed by atoms with Crippen molar-refractivity contribution in [3.05, 3.63) is 71.8 Å². The number of hydrogen-bond donors (Lipinski definition) is 2. The minimum absolute atomic E-state index is 0.357. The number of benzene rings is 2. The highest BCUT2D eigenvalue weighted by molar-refractivity contribution is 8.00. The van der Waals surface area contributed by atoms with Crippen molar-refractivity contribution in [3.8, 4) is 5.69 Å². The van der Waals surface area contributed by atoms with Crippen molar-refractivity contribution in [2.45, 2.75) is 23.8 Å². The van der Waals surface area contributed by atoms with Gasteiger partial charge >= 0.3 is 6.03 Å². The van der Waals surface area contributed by atoms with Crippen LogP contribution in [0.3, 0.4) is 0 Å². The second-order valence-corrected chi connectivity index (χ2v) is 7.29. The van der Waals surface area contributed by atoms with Gasteiger partial charge < -0.3 is 5.73 Å². The van der Waals surface area contributed by atoms with Crippen molar-refractivity contribution in [1.29, 1.82) is 0 Å². The summed E-state index contributed by atoms with van der Waals surface area (Å²) >= 11 is 1.13. The lowest BCUT2D eigenvalue weighted by Gasteiger charge is -2.13. The first-order valence-electron chi connectivity index (χ1n) is 8.45. The fourth-order valence-corrected chi connectivity index (χ4v) is 3.44. The molecule has 0 aliphatic heterocycles. The van der Waals surface area contributed by atoms with Gasteiger partial charge in [-0.3, -0.25) is 14.7 Å². The third kappa shape index (κ3) is 4.74. The van der Waals surface area contributed by atoms with Gasteiger partial charge in [0.25, 0.3) is 0 Å². The number of nitrogens with two attached hydrogens (primary N) is 1. The predicted octanol–water partition coefficient (Wildman–Crippen LogP) is 2.67. The summed E-state index contributed by atoms with van der Waals surface area (Å²) in [6.07, 6.45) is 0.508. The van der Waals surface area contributed by atoms with Crippen LogP contribution in [0.15, 0.2) is 59.8 Å². The number of nitrogens with zero attached hydrogens (tertiary/aromatic N) is 3. The summed E-state index contributed by atoms with van der Waals surface area (Å²) in [6, 6.07) is 14.7. The van der Waals surface area contributed by atoms with E-state index in [1.54, 1.807) is 23.6 Å². The highest BCUT2D eigenvalue weighted by Gasteiger charge is 2.22. The Balaban J connectivity index is 1.94. The fraction of sp³-hybridized carbons (Fsp3) is 0.158. The molecule has 0 fully saturated rings. The van der Waals surface area contributed by atoms with Crippen LogP contribution in [0.5, 0.6) is 0 Å². The third-order valence-corrected chi connectivity index (χ3v) is 4.93. The van der Waals surface area contributed by atoms with E-state index in [0.717, 1.165) is 17.3 Å². The van der Waals surface area contributed by atoms with E-state index < -0.39 is 17.2 Å². The number of thioether (sulfide) groups is 1. The Hall–Kier alpha value is -3.20. The molecule has 0 saturated carbocycles. The van der Waals surface area contributed by atoms with Crippen LogP contribution >= 0.6 is 11.8 Å². The maximum Gasteiger partial charge on any atom is 0.318 e. The van der Waals surface area contributed by atoms with Crippen molar-refractivity contribution in [2.24, 2.45) is 5.73 Å². The lowest BCUT2D eigenvalue weighted by atomic mass is 10.1. The molecule has 7 nitrogen and oxygen atoms in total. The van der Waals surface area contributed by atoms with Crippen LogP contribution in [-0.4, -0.2) is 32.0 Å². The molecule has 3 amide bonds. The first-order valence-corrected chi connectivity index (χ1v) is 9.33.